The summed E-state index contributed by atoms with van der Waals surface area (Å²) in [4.78, 5) is 15.0. The molecule has 0 aliphatic heterocycles. The van der Waals surface area contributed by atoms with Gasteiger partial charge < -0.3 is 0 Å². The van der Waals surface area contributed by atoms with Crippen molar-refractivity contribution in [3.8, 4) is 21.6 Å². The van der Waals surface area contributed by atoms with Crippen molar-refractivity contribution in [2.75, 3.05) is 0 Å². The predicted octanol–water partition coefficient (Wildman–Crippen LogP) is 10.9. The summed E-state index contributed by atoms with van der Waals surface area (Å²) in [7, 11) is 0. The van der Waals surface area contributed by atoms with Gasteiger partial charge in [-0.15, -0.1) is 11.3 Å². The first-order valence-electron chi connectivity index (χ1n) is 12.5. The molecule has 0 saturated heterocycles. The number of hydrogen-bond acceptors (Lipinski definition) is 4. The molecule has 32 heavy (non-hydrogen) atoms. The molecule has 0 unspecified atom stereocenters. The summed E-state index contributed by atoms with van der Waals surface area (Å²) in [6.45, 7) is 2.28. The van der Waals surface area contributed by atoms with Crippen LogP contribution >= 0.6 is 34.0 Å². The Bertz CT molecular complexity index is 822. The van der Waals surface area contributed by atoms with E-state index >= 15 is 0 Å². The van der Waals surface area contributed by atoms with Crippen molar-refractivity contribution in [3.05, 3.63) is 44.6 Å². The monoisotopic (exact) mass is 486 g/mol. The predicted molar refractivity (Wildman–Crippen MR) is 146 cm³/mol. The maximum Gasteiger partial charge on any atom is 0.172 e. The lowest BCUT2D eigenvalue weighted by atomic mass is 10.0. The molecule has 0 saturated carbocycles. The van der Waals surface area contributed by atoms with Gasteiger partial charge in [-0.1, -0.05) is 84.0 Å². The number of Topliss-reactive ketones (excluding diaryl/α,β-unsaturated/α-hetero) is 1. The van der Waals surface area contributed by atoms with E-state index in [0.29, 0.717) is 12.2 Å². The van der Waals surface area contributed by atoms with Crippen LogP contribution in [0.3, 0.4) is 0 Å². The van der Waals surface area contributed by atoms with Gasteiger partial charge in [-0.3, -0.25) is 4.79 Å². The van der Waals surface area contributed by atoms with Crippen LogP contribution in [0.25, 0.3) is 21.6 Å². The lowest BCUT2D eigenvalue weighted by Crippen LogP contribution is -1.95. The van der Waals surface area contributed by atoms with Crippen molar-refractivity contribution in [1.82, 2.24) is 0 Å². The summed E-state index contributed by atoms with van der Waals surface area (Å²) in [5.74, 6) is 0.316. The van der Waals surface area contributed by atoms with E-state index in [4.69, 9.17) is 0 Å². The normalized spacial score (nSPS) is 11.3. The first-order valence-corrected chi connectivity index (χ1v) is 15.2. The van der Waals surface area contributed by atoms with E-state index in [1.165, 1.54) is 98.6 Å². The van der Waals surface area contributed by atoms with E-state index in [0.717, 1.165) is 11.3 Å². The summed E-state index contributed by atoms with van der Waals surface area (Å²) in [6, 6.07) is 6.45. The van der Waals surface area contributed by atoms with Crippen molar-refractivity contribution < 1.29 is 4.79 Å². The van der Waals surface area contributed by atoms with Gasteiger partial charge in [0.25, 0.3) is 0 Å². The van der Waals surface area contributed by atoms with Crippen molar-refractivity contribution in [1.29, 1.82) is 0 Å². The van der Waals surface area contributed by atoms with Gasteiger partial charge in [0.2, 0.25) is 0 Å². The Labute approximate surface area is 206 Å². The second-order valence-corrected chi connectivity index (χ2v) is 11.4. The topological polar surface area (TPSA) is 17.1 Å². The standard InChI is InChI=1S/C28H38OS3/c1-2-3-4-5-6-7-8-9-10-11-12-13-14-15-26(29)27-20-25(23-16-18-30-21-23)28(32-27)24-17-19-31-22-24/h16-22H,2-15H2,1H3. The van der Waals surface area contributed by atoms with E-state index in [9.17, 15) is 4.79 Å². The Hall–Kier alpha value is -1.23. The summed E-state index contributed by atoms with van der Waals surface area (Å²) in [5, 5.41) is 8.59. The van der Waals surface area contributed by atoms with E-state index in [2.05, 4.69) is 46.6 Å². The van der Waals surface area contributed by atoms with Crippen LogP contribution in [0.5, 0.6) is 0 Å². The molecular weight excluding hydrogens is 449 g/mol. The van der Waals surface area contributed by atoms with Gasteiger partial charge in [-0.05, 0) is 51.7 Å². The lowest BCUT2D eigenvalue weighted by molar-refractivity contribution is 0.0983. The van der Waals surface area contributed by atoms with E-state index in [1.807, 2.05) is 0 Å². The molecule has 0 amide bonds. The van der Waals surface area contributed by atoms with Gasteiger partial charge >= 0.3 is 0 Å². The number of carbonyl (C=O) groups excluding carboxylic acids is 1. The molecule has 0 aromatic carbocycles. The SMILES string of the molecule is CCCCCCCCCCCCCCCC(=O)c1cc(-c2ccsc2)c(-c2ccsc2)s1. The van der Waals surface area contributed by atoms with Crippen molar-refractivity contribution in [2.24, 2.45) is 0 Å². The molecule has 1 nitrogen and oxygen atoms in total. The van der Waals surface area contributed by atoms with Gasteiger partial charge in [0, 0.05) is 22.4 Å². The van der Waals surface area contributed by atoms with Crippen molar-refractivity contribution in [2.45, 2.75) is 96.8 Å². The highest BCUT2D eigenvalue weighted by Gasteiger charge is 2.17. The largest absolute Gasteiger partial charge is 0.293 e. The third kappa shape index (κ3) is 8.28. The molecule has 0 fully saturated rings. The Morgan fingerprint density at radius 2 is 1.25 bits per heavy atom. The van der Waals surface area contributed by atoms with Crippen LogP contribution in [0.15, 0.2) is 39.7 Å². The molecule has 3 heterocycles. The average Bonchev–Trinajstić information content (AvgIpc) is 3.57. The Morgan fingerprint density at radius 1 is 0.719 bits per heavy atom. The van der Waals surface area contributed by atoms with Crippen LogP contribution < -0.4 is 0 Å². The zero-order valence-corrected chi connectivity index (χ0v) is 22.0. The molecule has 174 valence electrons. The Kier molecular flexibility index (Phi) is 11.8. The smallest absolute Gasteiger partial charge is 0.172 e. The highest BCUT2D eigenvalue weighted by molar-refractivity contribution is 7.18. The number of rotatable bonds is 17. The Balaban J connectivity index is 1.33. The van der Waals surface area contributed by atoms with Crippen molar-refractivity contribution in [3.63, 3.8) is 0 Å². The fraction of sp³-hybridized carbons (Fsp3) is 0.536. The minimum absolute atomic E-state index is 0.316. The zero-order valence-electron chi connectivity index (χ0n) is 19.6. The third-order valence-corrected chi connectivity index (χ3v) is 8.72. The summed E-state index contributed by atoms with van der Waals surface area (Å²) in [6.07, 6.45) is 18.1. The fourth-order valence-electron chi connectivity index (χ4n) is 4.20. The number of hydrogen-bond donors (Lipinski definition) is 0. The van der Waals surface area contributed by atoms with Crippen LogP contribution in [-0.4, -0.2) is 5.78 Å². The molecule has 3 rings (SSSR count). The first-order chi connectivity index (χ1) is 15.8. The molecule has 0 radical (unpaired) electrons. The molecular formula is C28H38OS3. The molecule has 4 heteroatoms. The number of thiophene rings is 3. The number of unbranched alkanes of at least 4 members (excludes halogenated alkanes) is 12. The molecule has 0 spiro atoms. The molecule has 3 aromatic rings. The van der Waals surface area contributed by atoms with Gasteiger partial charge in [0.15, 0.2) is 5.78 Å². The molecule has 0 N–H and O–H groups in total. The molecule has 0 atom stereocenters. The zero-order chi connectivity index (χ0) is 22.4. The van der Waals surface area contributed by atoms with Crippen LogP contribution in [0.2, 0.25) is 0 Å². The van der Waals surface area contributed by atoms with Crippen LogP contribution in [0.4, 0.5) is 0 Å². The van der Waals surface area contributed by atoms with E-state index in [-0.39, 0.29) is 0 Å². The number of carbonyl (C=O) groups is 1. The number of ketones is 1. The van der Waals surface area contributed by atoms with Gasteiger partial charge in [-0.2, -0.15) is 22.7 Å². The average molecular weight is 487 g/mol. The summed E-state index contributed by atoms with van der Waals surface area (Å²) in [5.41, 5.74) is 3.68. The van der Waals surface area contributed by atoms with Gasteiger partial charge in [0.1, 0.15) is 0 Å². The quantitative estimate of drug-likeness (QED) is 0.137. The highest BCUT2D eigenvalue weighted by atomic mass is 32.1. The summed E-state index contributed by atoms with van der Waals surface area (Å²) < 4.78 is 0. The molecule has 0 aliphatic rings. The second-order valence-electron chi connectivity index (χ2n) is 8.79. The lowest BCUT2D eigenvalue weighted by Gasteiger charge is -2.03. The maximum absolute atomic E-state index is 12.9. The Morgan fingerprint density at radius 3 is 1.78 bits per heavy atom. The van der Waals surface area contributed by atoms with Gasteiger partial charge in [-0.25, -0.2) is 0 Å². The van der Waals surface area contributed by atoms with Crippen LogP contribution in [0, 0.1) is 0 Å². The molecule has 3 aromatic heterocycles. The maximum atomic E-state index is 12.9. The van der Waals surface area contributed by atoms with E-state index < -0.39 is 0 Å². The summed E-state index contributed by atoms with van der Waals surface area (Å²) >= 11 is 5.10. The minimum atomic E-state index is 0.316. The third-order valence-electron chi connectivity index (χ3n) is 6.13. The molecule has 0 aliphatic carbocycles. The fourth-order valence-corrected chi connectivity index (χ4v) is 6.72. The van der Waals surface area contributed by atoms with Crippen molar-refractivity contribution >= 4 is 39.8 Å². The van der Waals surface area contributed by atoms with Crippen LogP contribution in [-0.2, 0) is 0 Å². The van der Waals surface area contributed by atoms with Gasteiger partial charge in [0.05, 0.1) is 4.88 Å². The second kappa shape index (κ2) is 14.8. The first kappa shape index (κ1) is 25.4. The highest BCUT2D eigenvalue weighted by Crippen LogP contribution is 2.41. The van der Waals surface area contributed by atoms with Crippen LogP contribution in [0.1, 0.15) is 106 Å². The molecule has 0 bridgehead atoms. The van der Waals surface area contributed by atoms with E-state index in [1.54, 1.807) is 34.0 Å². The minimum Gasteiger partial charge on any atom is -0.293 e.